The third-order valence-corrected chi connectivity index (χ3v) is 20.0. The molecule has 6 nitrogen and oxygen atoms in total. The topological polar surface area (TPSA) is 73.5 Å². The monoisotopic (exact) mass is 1130 g/mol. The molecule has 0 aromatic heterocycles. The molecule has 0 saturated heterocycles. The van der Waals surface area contributed by atoms with Gasteiger partial charge in [-0.1, -0.05) is 194 Å². The van der Waals surface area contributed by atoms with E-state index in [0.717, 1.165) is 96.5 Å². The van der Waals surface area contributed by atoms with E-state index in [4.69, 9.17) is 20.0 Å². The van der Waals surface area contributed by atoms with E-state index < -0.39 is 15.8 Å². The quantitative estimate of drug-likeness (QED) is 0.0542. The van der Waals surface area contributed by atoms with Crippen molar-refractivity contribution in [2.75, 3.05) is 10.6 Å². The molecule has 418 valence electrons. The number of aliphatic imine (C=N–C) groups is 4. The van der Waals surface area contributed by atoms with Gasteiger partial charge in [0.15, 0.2) is 0 Å². The highest BCUT2D eigenvalue weighted by atomic mass is 31.1. The first kappa shape index (κ1) is 58.5. The van der Waals surface area contributed by atoms with E-state index in [2.05, 4.69) is 303 Å². The zero-order valence-electron chi connectivity index (χ0n) is 50.0. The summed E-state index contributed by atoms with van der Waals surface area (Å²) < 4.78 is 0. The van der Waals surface area contributed by atoms with Crippen LogP contribution in [0.5, 0.6) is 0 Å². The highest BCUT2D eigenvalue weighted by Crippen LogP contribution is 2.44. The molecule has 0 aliphatic carbocycles. The van der Waals surface area contributed by atoms with Gasteiger partial charge in [0.25, 0.3) is 0 Å². The first-order valence-corrected chi connectivity index (χ1v) is 31.6. The van der Waals surface area contributed by atoms with Gasteiger partial charge in [0, 0.05) is 45.8 Å². The first-order chi connectivity index (χ1) is 40.7. The maximum Gasteiger partial charge on any atom is 0.138 e. The van der Waals surface area contributed by atoms with Gasteiger partial charge >= 0.3 is 0 Å². The highest BCUT2D eigenvalue weighted by molar-refractivity contribution is 7.88. The molecule has 84 heavy (non-hydrogen) atoms. The van der Waals surface area contributed by atoms with Crippen LogP contribution in [0.15, 0.2) is 250 Å². The van der Waals surface area contributed by atoms with Crippen molar-refractivity contribution >= 4 is 93.8 Å². The molecule has 0 bridgehead atoms. The number of benzene rings is 10. The van der Waals surface area contributed by atoms with Crippen LogP contribution in [0.1, 0.15) is 69.5 Å². The summed E-state index contributed by atoms with van der Waals surface area (Å²) >= 11 is 0. The van der Waals surface area contributed by atoms with Gasteiger partial charge < -0.3 is 10.6 Å². The van der Waals surface area contributed by atoms with E-state index in [1.807, 2.05) is 6.92 Å². The molecular formula is C76H74N6P2. The van der Waals surface area contributed by atoms with Gasteiger partial charge in [-0.3, -0.25) is 9.98 Å². The lowest BCUT2D eigenvalue weighted by Crippen LogP contribution is -2.24. The molecule has 0 saturated carbocycles. The van der Waals surface area contributed by atoms with E-state index in [0.29, 0.717) is 6.42 Å². The van der Waals surface area contributed by atoms with E-state index in [1.165, 1.54) is 54.6 Å². The van der Waals surface area contributed by atoms with Crippen molar-refractivity contribution in [3.8, 4) is 11.1 Å². The Balaban J connectivity index is 1.24. The highest BCUT2D eigenvalue weighted by Gasteiger charge is 2.25. The molecule has 0 aliphatic rings. The van der Waals surface area contributed by atoms with Crippen molar-refractivity contribution in [2.24, 2.45) is 20.0 Å². The van der Waals surface area contributed by atoms with Crippen LogP contribution in [0.25, 0.3) is 11.1 Å². The second-order valence-corrected chi connectivity index (χ2v) is 26.2. The predicted octanol–water partition coefficient (Wildman–Crippen LogP) is 19.0. The SMILES string of the molecule is CC(Cc1c(C)cccc1C)=Nc1cc(N=C(Cc2c(C)cccc2C)P(c2ccccc2)c2ccccc2)cc(-c2cc(N=C(C)Nc3c(C)cccc3C)cc(N=C(Nc3c(C)cccc3C)P(c3ccccc3)c3ccccc3)c2)c1. The van der Waals surface area contributed by atoms with Crippen LogP contribution in [0.3, 0.4) is 0 Å². The number of amidine groups is 2. The molecule has 10 aromatic carbocycles. The van der Waals surface area contributed by atoms with Crippen molar-refractivity contribution in [3.63, 3.8) is 0 Å². The minimum Gasteiger partial charge on any atom is -0.344 e. The van der Waals surface area contributed by atoms with Crippen LogP contribution >= 0.6 is 15.8 Å². The molecule has 0 radical (unpaired) electrons. The van der Waals surface area contributed by atoms with Crippen molar-refractivity contribution < 1.29 is 0 Å². The predicted molar refractivity (Wildman–Crippen MR) is 368 cm³/mol. The van der Waals surface area contributed by atoms with Gasteiger partial charge in [-0.15, -0.1) is 0 Å². The van der Waals surface area contributed by atoms with Crippen molar-refractivity contribution in [1.29, 1.82) is 0 Å². The summed E-state index contributed by atoms with van der Waals surface area (Å²) in [6, 6.07) is 82.5. The summed E-state index contributed by atoms with van der Waals surface area (Å²) in [7, 11) is -2.27. The second-order valence-electron chi connectivity index (χ2n) is 21.9. The summed E-state index contributed by atoms with van der Waals surface area (Å²) in [5.74, 6) is 0.765. The fourth-order valence-electron chi connectivity index (χ4n) is 11.0. The maximum absolute atomic E-state index is 5.92. The lowest BCUT2D eigenvalue weighted by molar-refractivity contribution is 1.19. The lowest BCUT2D eigenvalue weighted by Gasteiger charge is -2.24. The van der Waals surface area contributed by atoms with Gasteiger partial charge in [0.2, 0.25) is 0 Å². The summed E-state index contributed by atoms with van der Waals surface area (Å²) in [4.78, 5) is 22.6. The third-order valence-electron chi connectivity index (χ3n) is 15.3. The normalized spacial score (nSPS) is 12.3. The summed E-state index contributed by atoms with van der Waals surface area (Å²) in [5, 5.41) is 12.5. The number of para-hydroxylation sites is 2. The number of nitrogens with one attached hydrogen (secondary N) is 2. The van der Waals surface area contributed by atoms with Crippen LogP contribution in [0.4, 0.5) is 34.1 Å². The van der Waals surface area contributed by atoms with Gasteiger partial charge in [0.05, 0.1) is 28.2 Å². The minimum absolute atomic E-state index is 0.681. The molecular weight excluding hydrogens is 1060 g/mol. The Bertz CT molecular complexity index is 3650. The lowest BCUT2D eigenvalue weighted by atomic mass is 9.98. The Morgan fingerprint density at radius 1 is 0.321 bits per heavy atom. The minimum atomic E-state index is -1.19. The first-order valence-electron chi connectivity index (χ1n) is 28.9. The maximum atomic E-state index is 5.92. The van der Waals surface area contributed by atoms with Gasteiger partial charge in [0.1, 0.15) is 11.4 Å². The molecule has 0 atom stereocenters. The number of rotatable bonds is 17. The second kappa shape index (κ2) is 27.2. The van der Waals surface area contributed by atoms with Crippen molar-refractivity contribution in [2.45, 2.75) is 82.1 Å². The van der Waals surface area contributed by atoms with E-state index in [9.17, 15) is 0 Å². The van der Waals surface area contributed by atoms with E-state index in [1.54, 1.807) is 0 Å². The number of hydrogen-bond acceptors (Lipinski definition) is 4. The van der Waals surface area contributed by atoms with Crippen molar-refractivity contribution in [1.82, 2.24) is 0 Å². The number of aryl methyl sites for hydroxylation is 8. The number of nitrogens with zero attached hydrogens (tertiary/aromatic N) is 4. The molecule has 0 spiro atoms. The van der Waals surface area contributed by atoms with E-state index in [-0.39, 0.29) is 0 Å². The molecule has 0 heterocycles. The van der Waals surface area contributed by atoms with Gasteiger partial charge in [-0.2, -0.15) is 0 Å². The molecule has 0 unspecified atom stereocenters. The summed E-state index contributed by atoms with van der Waals surface area (Å²) in [5.41, 5.74) is 22.4. The Labute approximate surface area is 500 Å². The molecule has 8 heteroatoms. The fraction of sp³-hybridized carbons (Fsp3) is 0.158. The average Bonchev–Trinajstić information content (AvgIpc) is 3.35. The summed E-state index contributed by atoms with van der Waals surface area (Å²) in [6.07, 6.45) is 1.41. The summed E-state index contributed by atoms with van der Waals surface area (Å²) in [6.45, 7) is 21.6. The molecule has 10 rings (SSSR count). The van der Waals surface area contributed by atoms with Crippen LogP contribution in [0.2, 0.25) is 0 Å². The molecule has 2 N–H and O–H groups in total. The smallest absolute Gasteiger partial charge is 0.138 e. The fourth-order valence-corrected chi connectivity index (χ4v) is 15.5. The van der Waals surface area contributed by atoms with Gasteiger partial charge in [-0.05, 0) is 194 Å². The Morgan fingerprint density at radius 3 is 1.07 bits per heavy atom. The number of hydrogen-bond donors (Lipinski definition) is 2. The zero-order valence-corrected chi connectivity index (χ0v) is 51.8. The van der Waals surface area contributed by atoms with Crippen molar-refractivity contribution in [3.05, 3.63) is 286 Å². The zero-order chi connectivity index (χ0) is 58.7. The average molecular weight is 1130 g/mol. The molecule has 0 amide bonds. The largest absolute Gasteiger partial charge is 0.344 e. The van der Waals surface area contributed by atoms with Crippen LogP contribution < -0.4 is 31.9 Å². The van der Waals surface area contributed by atoms with Gasteiger partial charge in [-0.25, -0.2) is 9.98 Å². The van der Waals surface area contributed by atoms with E-state index >= 15 is 0 Å². The Kier molecular flexibility index (Phi) is 18.9. The third kappa shape index (κ3) is 14.4. The molecule has 0 aliphatic heterocycles. The molecule has 10 aromatic rings. The standard InChI is InChI=1S/C76H74N6P2/c1-51-27-23-28-52(2)71(51)43-59(9)77-63-44-61(46-65(48-63)80-73(50-72-53(3)29-24-30-54(72)4)83(67-35-15-11-16-36-67)68-37-17-12-18-38-68)62-45-64(78-60(10)79-74-55(5)31-25-32-56(74)6)49-66(47-62)81-76(82-75-57(7)33-26-34-58(75)8)84(69-39-19-13-20-40-69)70-41-21-14-22-42-70/h11-42,44-49H,43,50H2,1-10H3,(H,78,79)(H,81,82). The Morgan fingerprint density at radius 2 is 0.655 bits per heavy atom. The van der Waals surface area contributed by atoms with Crippen LogP contribution in [-0.2, 0) is 12.8 Å². The van der Waals surface area contributed by atoms with Crippen LogP contribution in [-0.4, -0.2) is 22.6 Å². The van der Waals surface area contributed by atoms with Crippen LogP contribution in [0, 0.1) is 55.4 Å². The Hall–Kier alpha value is -8.66. The molecule has 0 fully saturated rings. The number of anilines is 2.